The molecule has 4 aromatic carbocycles. The Hall–Kier alpha value is -1.91. The molecule has 0 aromatic heterocycles. The van der Waals surface area contributed by atoms with Crippen LogP contribution in [0.1, 0.15) is 20.3 Å². The highest BCUT2D eigenvalue weighted by Gasteiger charge is 2.23. The summed E-state index contributed by atoms with van der Waals surface area (Å²) in [6.07, 6.45) is 1.25. The molecule has 0 unspecified atom stereocenters. The van der Waals surface area contributed by atoms with Crippen molar-refractivity contribution in [3.63, 3.8) is 0 Å². The number of hydrogen-bond donors (Lipinski definition) is 0. The van der Waals surface area contributed by atoms with Crippen LogP contribution >= 0.6 is 25.2 Å². The molecule has 0 spiro atoms. The van der Waals surface area contributed by atoms with Crippen LogP contribution < -0.4 is 21.2 Å². The Balaban J connectivity index is 0.000000806. The van der Waals surface area contributed by atoms with Gasteiger partial charge in [-0.15, -0.1) is 0 Å². The molecule has 4 aromatic rings. The van der Waals surface area contributed by atoms with E-state index in [0.717, 1.165) is 0 Å². The van der Waals surface area contributed by atoms with E-state index in [2.05, 4.69) is 146 Å². The minimum atomic E-state index is -0.492. The van der Waals surface area contributed by atoms with Crippen LogP contribution in [-0.2, 0) is 0 Å². The molecule has 0 nitrogen and oxygen atoms in total. The summed E-state index contributed by atoms with van der Waals surface area (Å²) in [6, 6.07) is 43.8. The highest BCUT2D eigenvalue weighted by atomic mass is 33.1. The third-order valence-electron chi connectivity index (χ3n) is 4.13. The van der Waals surface area contributed by atoms with Crippen molar-refractivity contribution in [3.05, 3.63) is 121 Å². The van der Waals surface area contributed by atoms with Crippen molar-refractivity contribution in [2.24, 2.45) is 0 Å². The van der Waals surface area contributed by atoms with Crippen LogP contribution in [0.15, 0.2) is 121 Å². The van der Waals surface area contributed by atoms with E-state index >= 15 is 0 Å². The van der Waals surface area contributed by atoms with Gasteiger partial charge in [0.2, 0.25) is 0 Å². The number of benzene rings is 4. The first kappa shape index (κ1) is 22.8. The maximum Gasteiger partial charge on any atom is 0.0208 e. The van der Waals surface area contributed by atoms with E-state index in [9.17, 15) is 0 Å². The maximum atomic E-state index is 2.27. The molecule has 0 atom stereocenters. The highest BCUT2D eigenvalue weighted by molar-refractivity contribution is 8.89. The van der Waals surface area contributed by atoms with E-state index in [1.54, 1.807) is 0 Å². The van der Waals surface area contributed by atoms with Crippen molar-refractivity contribution in [3.8, 4) is 0 Å². The smallest absolute Gasteiger partial charge is 0.0208 e. The zero-order chi connectivity index (χ0) is 21.0. The second-order valence-corrected chi connectivity index (χ2v) is 14.3. The lowest BCUT2D eigenvalue weighted by Gasteiger charge is -2.25. The lowest BCUT2D eigenvalue weighted by molar-refractivity contribution is 1.09. The molecule has 4 rings (SSSR count). The molecule has 0 saturated carbocycles. The summed E-state index contributed by atoms with van der Waals surface area (Å²) < 4.78 is 0. The summed E-state index contributed by atoms with van der Waals surface area (Å²) >= 11 is 2.13. The lowest BCUT2D eigenvalue weighted by atomic mass is 10.4. The van der Waals surface area contributed by atoms with Gasteiger partial charge in [-0.2, -0.15) is 0 Å². The van der Waals surface area contributed by atoms with Gasteiger partial charge in [0.05, 0.1) is 0 Å². The van der Waals surface area contributed by atoms with Crippen molar-refractivity contribution in [2.75, 3.05) is 0 Å². The second-order valence-electron chi connectivity index (χ2n) is 6.72. The Morgan fingerprint density at radius 2 is 0.633 bits per heavy atom. The lowest BCUT2D eigenvalue weighted by Crippen LogP contribution is -2.13. The van der Waals surface area contributed by atoms with Crippen LogP contribution in [0.5, 0.6) is 0 Å². The fourth-order valence-electron chi connectivity index (χ4n) is 2.82. The molecule has 0 N–H and O–H groups in total. The van der Waals surface area contributed by atoms with Crippen LogP contribution in [0, 0.1) is 0 Å². The summed E-state index contributed by atoms with van der Waals surface area (Å²) in [5, 5.41) is 5.68. The topological polar surface area (TPSA) is 0 Å². The summed E-state index contributed by atoms with van der Waals surface area (Å²) in [5.74, 6) is 0. The normalized spacial score (nSPS) is 10.5. The molecule has 152 valence electrons. The molecule has 0 fully saturated rings. The maximum absolute atomic E-state index is 2.27. The minimum Gasteiger partial charge on any atom is -0.0874 e. The molecular weight excluding hydrogens is 418 g/mol. The summed E-state index contributed by atoms with van der Waals surface area (Å²) in [7, 11) is -0.984. The predicted molar refractivity (Wildman–Crippen MR) is 142 cm³/mol. The third-order valence-corrected chi connectivity index (χ3v) is 14.0. The minimum absolute atomic E-state index is 0.492. The molecule has 0 aliphatic carbocycles. The molecule has 0 heterocycles. The monoisotopic (exact) mass is 446 g/mol. The Morgan fingerprint density at radius 1 is 0.433 bits per heavy atom. The van der Waals surface area contributed by atoms with Gasteiger partial charge < -0.3 is 0 Å². The fraction of sp³-hybridized carbons (Fsp3) is 0.111. The van der Waals surface area contributed by atoms with Gasteiger partial charge in [0, 0.05) is 14.2 Å². The van der Waals surface area contributed by atoms with Gasteiger partial charge in [-0.3, -0.25) is 0 Å². The van der Waals surface area contributed by atoms with Gasteiger partial charge in [0.15, 0.2) is 0 Å². The first-order valence-corrected chi connectivity index (χ1v) is 15.0. The van der Waals surface area contributed by atoms with Gasteiger partial charge in [-0.25, -0.2) is 0 Å². The van der Waals surface area contributed by atoms with Crippen LogP contribution in [0.25, 0.3) is 0 Å². The summed E-state index contributed by atoms with van der Waals surface area (Å²) in [4.78, 5) is 0. The van der Waals surface area contributed by atoms with E-state index in [1.807, 2.05) is 0 Å². The van der Waals surface area contributed by atoms with E-state index in [0.29, 0.717) is 0 Å². The first-order valence-electron chi connectivity index (χ1n) is 10.3. The third kappa shape index (κ3) is 6.55. The predicted octanol–water partition coefficient (Wildman–Crippen LogP) is 7.23. The van der Waals surface area contributed by atoms with Crippen LogP contribution in [0.2, 0.25) is 0 Å². The molecule has 0 saturated heterocycles. The molecule has 0 bridgehead atoms. The van der Waals surface area contributed by atoms with E-state index in [1.165, 1.54) is 27.6 Å². The molecule has 3 heteroatoms. The Labute approximate surface area is 187 Å². The van der Waals surface area contributed by atoms with Crippen LogP contribution in [0.4, 0.5) is 0 Å². The van der Waals surface area contributed by atoms with Crippen molar-refractivity contribution in [1.82, 2.24) is 0 Å². The average molecular weight is 447 g/mol. The second kappa shape index (κ2) is 12.7. The van der Waals surface area contributed by atoms with Gasteiger partial charge in [-0.05, 0) is 21.2 Å². The fourth-order valence-corrected chi connectivity index (χ4v) is 13.7. The zero-order valence-electron chi connectivity index (χ0n) is 17.6. The van der Waals surface area contributed by atoms with Crippen molar-refractivity contribution >= 4 is 46.5 Å². The van der Waals surface area contributed by atoms with Crippen LogP contribution in [0.3, 0.4) is 0 Å². The molecule has 0 amide bonds. The van der Waals surface area contributed by atoms with Crippen molar-refractivity contribution in [2.45, 2.75) is 20.3 Å². The number of rotatable bonds is 6. The van der Waals surface area contributed by atoms with E-state index in [-0.39, 0.29) is 0 Å². The molecule has 30 heavy (non-hydrogen) atoms. The average Bonchev–Trinajstić information content (AvgIpc) is 2.83. The molecule has 0 aliphatic rings. The van der Waals surface area contributed by atoms with Crippen molar-refractivity contribution < 1.29 is 0 Å². The molecular formula is C27H28P2S. The van der Waals surface area contributed by atoms with E-state index < -0.39 is 14.2 Å². The van der Waals surface area contributed by atoms with Gasteiger partial charge in [-0.1, -0.05) is 153 Å². The summed E-state index contributed by atoms with van der Waals surface area (Å²) in [5.41, 5.74) is 0. The molecule has 0 aliphatic heterocycles. The number of hydrogen-bond acceptors (Lipinski definition) is 1. The SMILES string of the molecule is CCC.c1ccc(P(SP(c2ccccc2)c2ccccc2)c2ccccc2)cc1. The van der Waals surface area contributed by atoms with Gasteiger partial charge in [0.25, 0.3) is 0 Å². The Bertz CT molecular complexity index is 801. The zero-order valence-corrected chi connectivity index (χ0v) is 20.2. The van der Waals surface area contributed by atoms with Crippen LogP contribution in [-0.4, -0.2) is 0 Å². The van der Waals surface area contributed by atoms with Gasteiger partial charge in [0.1, 0.15) is 0 Å². The first-order chi connectivity index (χ1) is 14.8. The summed E-state index contributed by atoms with van der Waals surface area (Å²) in [6.45, 7) is 4.25. The van der Waals surface area contributed by atoms with Gasteiger partial charge >= 0.3 is 0 Å². The Morgan fingerprint density at radius 3 is 0.833 bits per heavy atom. The molecule has 0 radical (unpaired) electrons. The highest BCUT2D eigenvalue weighted by Crippen LogP contribution is 2.65. The van der Waals surface area contributed by atoms with Crippen molar-refractivity contribution in [1.29, 1.82) is 0 Å². The standard InChI is InChI=1S/C24H20P2S.C3H8/c1-5-13-21(14-6-1)25(22-15-7-2-8-16-22)27-26(23-17-9-3-10-18-23)24-19-11-4-12-20-24;1-3-2/h1-20H;3H2,1-2H3. The van der Waals surface area contributed by atoms with E-state index in [4.69, 9.17) is 0 Å². The largest absolute Gasteiger partial charge is 0.0874 e. The Kier molecular flexibility index (Phi) is 9.65. The quantitative estimate of drug-likeness (QED) is 0.282.